The monoisotopic (exact) mass is 285 g/mol. The first-order chi connectivity index (χ1) is 9.04. The number of nitrogens with one attached hydrogen (secondary N) is 1. The molecule has 0 unspecified atom stereocenters. The summed E-state index contributed by atoms with van der Waals surface area (Å²) in [6.45, 7) is 4.05. The van der Waals surface area contributed by atoms with E-state index < -0.39 is 5.82 Å². The molecular formula is C13H17ClFN3O. The molecule has 0 bridgehead atoms. The predicted molar refractivity (Wildman–Crippen MR) is 74.0 cm³/mol. The molecule has 1 aromatic rings. The topological polar surface area (TPSA) is 35.6 Å². The van der Waals surface area contributed by atoms with Gasteiger partial charge in [-0.3, -0.25) is 9.69 Å². The lowest BCUT2D eigenvalue weighted by Gasteiger charge is -2.31. The summed E-state index contributed by atoms with van der Waals surface area (Å²) >= 11 is 5.66. The van der Waals surface area contributed by atoms with Crippen molar-refractivity contribution in [1.29, 1.82) is 0 Å². The van der Waals surface area contributed by atoms with Crippen LogP contribution in [0.4, 0.5) is 10.1 Å². The van der Waals surface area contributed by atoms with Crippen molar-refractivity contribution in [1.82, 2.24) is 9.80 Å². The first-order valence-corrected chi connectivity index (χ1v) is 6.58. The second-order valence-corrected chi connectivity index (χ2v) is 5.16. The van der Waals surface area contributed by atoms with Crippen LogP contribution in [0.1, 0.15) is 0 Å². The number of hydrogen-bond acceptors (Lipinski definition) is 3. The molecule has 4 nitrogen and oxygen atoms in total. The van der Waals surface area contributed by atoms with Gasteiger partial charge in [-0.1, -0.05) is 11.6 Å². The maximum atomic E-state index is 13.0. The van der Waals surface area contributed by atoms with Crippen LogP contribution in [0.2, 0.25) is 5.02 Å². The van der Waals surface area contributed by atoms with E-state index in [2.05, 4.69) is 22.2 Å². The van der Waals surface area contributed by atoms with E-state index in [9.17, 15) is 9.18 Å². The van der Waals surface area contributed by atoms with Gasteiger partial charge < -0.3 is 10.2 Å². The minimum absolute atomic E-state index is 0.0115. The van der Waals surface area contributed by atoms with Crippen molar-refractivity contribution in [2.75, 3.05) is 45.1 Å². The van der Waals surface area contributed by atoms with Crippen molar-refractivity contribution in [2.45, 2.75) is 0 Å². The number of piperazine rings is 1. The fraction of sp³-hybridized carbons (Fsp3) is 0.462. The Hall–Kier alpha value is -1.17. The van der Waals surface area contributed by atoms with Crippen LogP contribution in [0.3, 0.4) is 0 Å². The fourth-order valence-electron chi connectivity index (χ4n) is 1.98. The van der Waals surface area contributed by atoms with Gasteiger partial charge in [0.15, 0.2) is 0 Å². The van der Waals surface area contributed by atoms with E-state index in [0.717, 1.165) is 26.2 Å². The summed E-state index contributed by atoms with van der Waals surface area (Å²) in [7, 11) is 2.07. The molecule has 0 spiro atoms. The highest BCUT2D eigenvalue weighted by Gasteiger charge is 2.16. The molecule has 1 amide bonds. The van der Waals surface area contributed by atoms with E-state index in [0.29, 0.717) is 12.2 Å². The number of halogens is 2. The molecular weight excluding hydrogens is 269 g/mol. The van der Waals surface area contributed by atoms with Crippen molar-refractivity contribution in [3.05, 3.63) is 29.0 Å². The second-order valence-electron chi connectivity index (χ2n) is 4.76. The third kappa shape index (κ3) is 4.16. The molecule has 19 heavy (non-hydrogen) atoms. The van der Waals surface area contributed by atoms with Crippen LogP contribution in [0.5, 0.6) is 0 Å². The molecule has 1 N–H and O–H groups in total. The highest BCUT2D eigenvalue weighted by molar-refractivity contribution is 6.31. The van der Waals surface area contributed by atoms with Gasteiger partial charge in [0, 0.05) is 31.9 Å². The van der Waals surface area contributed by atoms with Gasteiger partial charge in [0.05, 0.1) is 11.6 Å². The van der Waals surface area contributed by atoms with Gasteiger partial charge in [0.25, 0.3) is 0 Å². The lowest BCUT2D eigenvalue weighted by atomic mass is 10.3. The van der Waals surface area contributed by atoms with Crippen LogP contribution in [0.15, 0.2) is 18.2 Å². The predicted octanol–water partition coefficient (Wildman–Crippen LogP) is 1.66. The molecule has 0 aromatic heterocycles. The Bertz CT molecular complexity index is 461. The van der Waals surface area contributed by atoms with E-state index in [1.165, 1.54) is 18.2 Å². The van der Waals surface area contributed by atoms with Crippen molar-refractivity contribution in [3.8, 4) is 0 Å². The van der Waals surface area contributed by atoms with E-state index >= 15 is 0 Å². The van der Waals surface area contributed by atoms with Gasteiger partial charge in [-0.05, 0) is 25.2 Å². The zero-order valence-electron chi connectivity index (χ0n) is 10.8. The number of anilines is 1. The summed E-state index contributed by atoms with van der Waals surface area (Å²) in [5.41, 5.74) is 0.519. The van der Waals surface area contributed by atoms with Gasteiger partial charge >= 0.3 is 0 Å². The van der Waals surface area contributed by atoms with Crippen LogP contribution >= 0.6 is 11.6 Å². The third-order valence-electron chi connectivity index (χ3n) is 3.17. The maximum Gasteiger partial charge on any atom is 0.238 e. The molecule has 1 aliphatic rings. The number of rotatable bonds is 3. The average Bonchev–Trinajstić information content (AvgIpc) is 2.37. The Morgan fingerprint density at radius 3 is 2.68 bits per heavy atom. The number of carbonyl (C=O) groups is 1. The summed E-state index contributed by atoms with van der Waals surface area (Å²) in [6, 6.07) is 4.16. The largest absolute Gasteiger partial charge is 0.325 e. The molecule has 104 valence electrons. The lowest BCUT2D eigenvalue weighted by molar-refractivity contribution is -0.117. The molecule has 0 aliphatic carbocycles. The van der Waals surface area contributed by atoms with E-state index in [1.54, 1.807) is 0 Å². The molecule has 1 fully saturated rings. The lowest BCUT2D eigenvalue weighted by Crippen LogP contribution is -2.47. The van der Waals surface area contributed by atoms with E-state index in [4.69, 9.17) is 11.6 Å². The van der Waals surface area contributed by atoms with Crippen LogP contribution < -0.4 is 5.32 Å². The number of amides is 1. The van der Waals surface area contributed by atoms with E-state index in [-0.39, 0.29) is 10.9 Å². The molecule has 2 rings (SSSR count). The normalized spacial score (nSPS) is 17.4. The van der Waals surface area contributed by atoms with Gasteiger partial charge in [-0.25, -0.2) is 4.39 Å². The summed E-state index contributed by atoms with van der Waals surface area (Å²) in [6.07, 6.45) is 0. The van der Waals surface area contributed by atoms with Gasteiger partial charge in [0.1, 0.15) is 5.82 Å². The number of nitrogens with zero attached hydrogens (tertiary/aromatic N) is 2. The summed E-state index contributed by atoms with van der Waals surface area (Å²) in [4.78, 5) is 16.2. The van der Waals surface area contributed by atoms with Crippen molar-refractivity contribution in [2.24, 2.45) is 0 Å². The fourth-order valence-corrected chi connectivity index (χ4v) is 2.16. The second kappa shape index (κ2) is 6.32. The maximum absolute atomic E-state index is 13.0. The number of hydrogen-bond donors (Lipinski definition) is 1. The Morgan fingerprint density at radius 1 is 1.37 bits per heavy atom. The zero-order valence-corrected chi connectivity index (χ0v) is 11.6. The quantitative estimate of drug-likeness (QED) is 0.918. The molecule has 6 heteroatoms. The molecule has 0 radical (unpaired) electrons. The van der Waals surface area contributed by atoms with Gasteiger partial charge in [-0.15, -0.1) is 0 Å². The first-order valence-electron chi connectivity index (χ1n) is 6.20. The smallest absolute Gasteiger partial charge is 0.238 e. The summed E-state index contributed by atoms with van der Waals surface area (Å²) in [5, 5.41) is 2.73. The number of carbonyl (C=O) groups excluding carboxylic acids is 1. The molecule has 1 saturated heterocycles. The molecule has 0 atom stereocenters. The summed E-state index contributed by atoms with van der Waals surface area (Å²) in [5.74, 6) is -0.592. The van der Waals surface area contributed by atoms with Crippen LogP contribution in [0.25, 0.3) is 0 Å². The highest BCUT2D eigenvalue weighted by Crippen LogP contribution is 2.19. The van der Waals surface area contributed by atoms with Crippen molar-refractivity contribution in [3.63, 3.8) is 0 Å². The molecule has 1 heterocycles. The molecule has 1 aromatic carbocycles. The minimum Gasteiger partial charge on any atom is -0.325 e. The minimum atomic E-state index is -0.487. The molecule has 0 saturated carbocycles. The van der Waals surface area contributed by atoms with E-state index in [1.807, 2.05) is 0 Å². The average molecular weight is 286 g/mol. The molecule has 1 aliphatic heterocycles. The van der Waals surface area contributed by atoms with Crippen LogP contribution in [-0.4, -0.2) is 55.5 Å². The first kappa shape index (κ1) is 14.2. The van der Waals surface area contributed by atoms with Gasteiger partial charge in [0.2, 0.25) is 5.91 Å². The van der Waals surface area contributed by atoms with Crippen LogP contribution in [-0.2, 0) is 4.79 Å². The third-order valence-corrected chi connectivity index (χ3v) is 3.46. The van der Waals surface area contributed by atoms with Crippen molar-refractivity contribution < 1.29 is 9.18 Å². The Balaban J connectivity index is 1.85. The SMILES string of the molecule is CN1CCN(CC(=O)Nc2ccc(F)c(Cl)c2)CC1. The number of likely N-dealkylation sites (N-methyl/N-ethyl adjacent to an activating group) is 1. The van der Waals surface area contributed by atoms with Crippen molar-refractivity contribution >= 4 is 23.2 Å². The van der Waals surface area contributed by atoms with Crippen LogP contribution in [0, 0.1) is 5.82 Å². The summed E-state index contributed by atoms with van der Waals surface area (Å²) < 4.78 is 13.0. The van der Waals surface area contributed by atoms with Gasteiger partial charge in [-0.2, -0.15) is 0 Å². The highest BCUT2D eigenvalue weighted by atomic mass is 35.5. The Kier molecular flexibility index (Phi) is 4.74. The Morgan fingerprint density at radius 2 is 2.05 bits per heavy atom. The number of benzene rings is 1. The standard InChI is InChI=1S/C13H17ClFN3O/c1-17-4-6-18(7-5-17)9-13(19)16-10-2-3-12(15)11(14)8-10/h2-3,8H,4-7,9H2,1H3,(H,16,19). The zero-order chi connectivity index (χ0) is 13.8. The Labute approximate surface area is 117 Å².